The van der Waals surface area contributed by atoms with Crippen molar-refractivity contribution in [2.24, 2.45) is 5.92 Å². The van der Waals surface area contributed by atoms with Crippen LogP contribution in [0.25, 0.3) is 0 Å². The molecule has 1 aromatic heterocycles. The predicted octanol–water partition coefficient (Wildman–Crippen LogP) is 3.54. The molecule has 0 amide bonds. The monoisotopic (exact) mass is 289 g/mol. The van der Waals surface area contributed by atoms with Crippen molar-refractivity contribution in [1.29, 1.82) is 0 Å². The Morgan fingerprint density at radius 1 is 1.19 bits per heavy atom. The lowest BCUT2D eigenvalue weighted by Gasteiger charge is -2.14. The second kappa shape index (κ2) is 6.52. The summed E-state index contributed by atoms with van der Waals surface area (Å²) in [4.78, 5) is 7.54. The van der Waals surface area contributed by atoms with Gasteiger partial charge in [-0.05, 0) is 30.4 Å². The fourth-order valence-corrected chi connectivity index (χ4v) is 2.04. The molecule has 2 rings (SSSR count). The van der Waals surface area contributed by atoms with Crippen molar-refractivity contribution in [2.75, 3.05) is 5.73 Å². The molecule has 0 fully saturated rings. The Balaban J connectivity index is 2.05. The van der Waals surface area contributed by atoms with Crippen molar-refractivity contribution in [3.05, 3.63) is 47.4 Å². The van der Waals surface area contributed by atoms with E-state index in [-0.39, 0.29) is 17.9 Å². The van der Waals surface area contributed by atoms with Gasteiger partial charge >= 0.3 is 6.01 Å². The number of nitrogen functional groups attached to an aromatic ring is 1. The van der Waals surface area contributed by atoms with E-state index in [1.165, 1.54) is 5.56 Å². The van der Waals surface area contributed by atoms with Crippen LogP contribution in [-0.2, 0) is 6.42 Å². The first-order chi connectivity index (χ1) is 9.95. The Morgan fingerprint density at radius 3 is 2.43 bits per heavy atom. The van der Waals surface area contributed by atoms with Gasteiger partial charge in [0.05, 0.1) is 6.20 Å². The quantitative estimate of drug-likeness (QED) is 0.914. The summed E-state index contributed by atoms with van der Waals surface area (Å²) in [6.07, 6.45) is 1.83. The lowest BCUT2D eigenvalue weighted by atomic mass is 10.0. The zero-order valence-electron chi connectivity index (χ0n) is 12.5. The number of rotatable bonds is 5. The van der Waals surface area contributed by atoms with E-state index in [9.17, 15) is 4.39 Å². The van der Waals surface area contributed by atoms with Crippen LogP contribution in [0.1, 0.15) is 38.0 Å². The number of hydrogen-bond acceptors (Lipinski definition) is 4. The molecule has 0 aliphatic carbocycles. The molecule has 0 saturated heterocycles. The molecule has 2 N–H and O–H groups in total. The van der Waals surface area contributed by atoms with Crippen LogP contribution in [-0.4, -0.2) is 9.97 Å². The van der Waals surface area contributed by atoms with Crippen molar-refractivity contribution in [1.82, 2.24) is 9.97 Å². The number of benzene rings is 1. The first-order valence-electron chi connectivity index (χ1n) is 6.99. The predicted molar refractivity (Wildman–Crippen MR) is 80.4 cm³/mol. The number of aromatic nitrogens is 2. The van der Waals surface area contributed by atoms with Gasteiger partial charge in [-0.15, -0.1) is 0 Å². The SMILES string of the molecule is CC(C)Cc1ccc(C(C)Oc2ncc(F)c(N)n2)cc1. The van der Waals surface area contributed by atoms with Crippen LogP contribution in [0.3, 0.4) is 0 Å². The van der Waals surface area contributed by atoms with Crippen molar-refractivity contribution in [3.63, 3.8) is 0 Å². The average molecular weight is 289 g/mol. The van der Waals surface area contributed by atoms with Gasteiger partial charge in [-0.1, -0.05) is 38.1 Å². The van der Waals surface area contributed by atoms with Crippen LogP contribution in [0, 0.1) is 11.7 Å². The van der Waals surface area contributed by atoms with Gasteiger partial charge in [0.1, 0.15) is 6.10 Å². The normalized spacial score (nSPS) is 12.4. The molecule has 1 aromatic carbocycles. The molecule has 2 aromatic rings. The van der Waals surface area contributed by atoms with Gasteiger partial charge in [0.15, 0.2) is 11.6 Å². The molecule has 0 saturated carbocycles. The smallest absolute Gasteiger partial charge is 0.319 e. The van der Waals surface area contributed by atoms with Crippen molar-refractivity contribution in [2.45, 2.75) is 33.3 Å². The lowest BCUT2D eigenvalue weighted by Crippen LogP contribution is -2.08. The van der Waals surface area contributed by atoms with Gasteiger partial charge in [0, 0.05) is 0 Å². The molecular weight excluding hydrogens is 269 g/mol. The summed E-state index contributed by atoms with van der Waals surface area (Å²) < 4.78 is 18.6. The van der Waals surface area contributed by atoms with E-state index in [1.54, 1.807) is 0 Å². The number of nitrogens with zero attached hydrogens (tertiary/aromatic N) is 2. The van der Waals surface area contributed by atoms with E-state index in [0.29, 0.717) is 5.92 Å². The summed E-state index contributed by atoms with van der Waals surface area (Å²) in [6.45, 7) is 6.27. The molecule has 112 valence electrons. The first-order valence-corrected chi connectivity index (χ1v) is 6.99. The number of ether oxygens (including phenoxy) is 1. The average Bonchev–Trinajstić information content (AvgIpc) is 2.43. The highest BCUT2D eigenvalue weighted by Crippen LogP contribution is 2.21. The molecule has 21 heavy (non-hydrogen) atoms. The molecule has 0 spiro atoms. The summed E-state index contributed by atoms with van der Waals surface area (Å²) in [5.74, 6) is -0.229. The zero-order chi connectivity index (χ0) is 15.4. The van der Waals surface area contributed by atoms with Crippen LogP contribution in [0.15, 0.2) is 30.5 Å². The molecular formula is C16H20FN3O. The van der Waals surface area contributed by atoms with Crippen LogP contribution in [0.4, 0.5) is 10.2 Å². The fourth-order valence-electron chi connectivity index (χ4n) is 2.04. The van der Waals surface area contributed by atoms with Gasteiger partial charge in [0.25, 0.3) is 0 Å². The standard InChI is InChI=1S/C16H20FN3O/c1-10(2)8-12-4-6-13(7-5-12)11(3)21-16-19-9-14(17)15(18)20-16/h4-7,9-11H,8H2,1-3H3,(H2,18,19,20). The highest BCUT2D eigenvalue weighted by molar-refractivity contribution is 5.29. The van der Waals surface area contributed by atoms with E-state index in [2.05, 4.69) is 35.9 Å². The van der Waals surface area contributed by atoms with E-state index >= 15 is 0 Å². The van der Waals surface area contributed by atoms with E-state index in [4.69, 9.17) is 10.5 Å². The van der Waals surface area contributed by atoms with Crippen LogP contribution >= 0.6 is 0 Å². The highest BCUT2D eigenvalue weighted by Gasteiger charge is 2.11. The molecule has 0 aliphatic heterocycles. The minimum absolute atomic E-state index is 0.0765. The Kier molecular flexibility index (Phi) is 4.73. The van der Waals surface area contributed by atoms with Crippen molar-refractivity contribution in [3.8, 4) is 6.01 Å². The third-order valence-electron chi connectivity index (χ3n) is 3.12. The molecule has 5 heteroatoms. The Morgan fingerprint density at radius 2 is 1.86 bits per heavy atom. The Labute approximate surface area is 124 Å². The van der Waals surface area contributed by atoms with E-state index < -0.39 is 5.82 Å². The van der Waals surface area contributed by atoms with Gasteiger partial charge in [0.2, 0.25) is 0 Å². The summed E-state index contributed by atoms with van der Waals surface area (Å²) in [5.41, 5.74) is 7.70. The van der Waals surface area contributed by atoms with Gasteiger partial charge in [-0.3, -0.25) is 0 Å². The summed E-state index contributed by atoms with van der Waals surface area (Å²) >= 11 is 0. The maximum Gasteiger partial charge on any atom is 0.319 e. The number of anilines is 1. The Hall–Kier alpha value is -2.17. The third-order valence-corrected chi connectivity index (χ3v) is 3.12. The molecule has 0 aliphatic rings. The maximum atomic E-state index is 13.0. The molecule has 0 bridgehead atoms. The van der Waals surface area contributed by atoms with Crippen molar-refractivity contribution < 1.29 is 9.13 Å². The summed E-state index contributed by atoms with van der Waals surface area (Å²) in [5, 5.41) is 0. The second-order valence-corrected chi connectivity index (χ2v) is 5.49. The van der Waals surface area contributed by atoms with Crippen molar-refractivity contribution >= 4 is 5.82 Å². The third kappa shape index (κ3) is 4.15. The van der Waals surface area contributed by atoms with Gasteiger partial charge < -0.3 is 10.5 Å². The van der Waals surface area contributed by atoms with E-state index in [0.717, 1.165) is 18.2 Å². The first kappa shape index (κ1) is 15.2. The molecule has 4 nitrogen and oxygen atoms in total. The fraction of sp³-hybridized carbons (Fsp3) is 0.375. The van der Waals surface area contributed by atoms with E-state index in [1.807, 2.05) is 19.1 Å². The zero-order valence-corrected chi connectivity index (χ0v) is 12.5. The second-order valence-electron chi connectivity index (χ2n) is 5.49. The number of hydrogen-bond donors (Lipinski definition) is 1. The van der Waals surface area contributed by atoms with Gasteiger partial charge in [-0.2, -0.15) is 4.98 Å². The molecule has 1 atom stereocenters. The largest absolute Gasteiger partial charge is 0.456 e. The minimum atomic E-state index is -0.645. The minimum Gasteiger partial charge on any atom is -0.456 e. The van der Waals surface area contributed by atoms with Crippen LogP contribution in [0.5, 0.6) is 6.01 Å². The molecule has 1 unspecified atom stereocenters. The van der Waals surface area contributed by atoms with Crippen LogP contribution < -0.4 is 10.5 Å². The number of halogens is 1. The topological polar surface area (TPSA) is 61.0 Å². The molecule has 1 heterocycles. The highest BCUT2D eigenvalue weighted by atomic mass is 19.1. The van der Waals surface area contributed by atoms with Gasteiger partial charge in [-0.25, -0.2) is 9.37 Å². The molecule has 0 radical (unpaired) electrons. The maximum absolute atomic E-state index is 13.0. The van der Waals surface area contributed by atoms with Crippen LogP contribution in [0.2, 0.25) is 0 Å². The summed E-state index contributed by atoms with van der Waals surface area (Å²) in [6, 6.07) is 8.31. The number of nitrogens with two attached hydrogens (primary N) is 1. The Bertz CT molecular complexity index is 599. The lowest BCUT2D eigenvalue weighted by molar-refractivity contribution is 0.207. The summed E-state index contributed by atoms with van der Waals surface area (Å²) in [7, 11) is 0.